The second kappa shape index (κ2) is 6.99. The van der Waals surface area contributed by atoms with Crippen molar-refractivity contribution in [3.8, 4) is 5.75 Å². The number of unbranched alkanes of at least 4 members (excludes halogenated alkanes) is 1. The van der Waals surface area contributed by atoms with Crippen LogP contribution in [0.3, 0.4) is 0 Å². The summed E-state index contributed by atoms with van der Waals surface area (Å²) >= 11 is 0. The van der Waals surface area contributed by atoms with Gasteiger partial charge in [0.25, 0.3) is 10.1 Å². The van der Waals surface area contributed by atoms with E-state index in [1.165, 1.54) is 19.2 Å². The summed E-state index contributed by atoms with van der Waals surface area (Å²) in [6, 6.07) is 6.00. The van der Waals surface area contributed by atoms with Crippen LogP contribution in [-0.2, 0) is 14.3 Å². The third kappa shape index (κ3) is 4.35. The predicted molar refractivity (Wildman–Crippen MR) is 66.8 cm³/mol. The normalized spacial score (nSPS) is 10.9. The summed E-state index contributed by atoms with van der Waals surface area (Å²) in [5.74, 6) is 0.589. The molecule has 0 N–H and O–H groups in total. The summed E-state index contributed by atoms with van der Waals surface area (Å²) in [6.45, 7) is 7.08. The zero-order valence-electron chi connectivity index (χ0n) is 10.1. The Morgan fingerprint density at radius 2 is 1.89 bits per heavy atom. The molecule has 6 heteroatoms. The van der Waals surface area contributed by atoms with Crippen LogP contribution in [0.25, 0.3) is 4.85 Å². The first kappa shape index (κ1) is 14.5. The predicted octanol–water partition coefficient (Wildman–Crippen LogP) is 2.10. The number of hydrogen-bond donors (Lipinski definition) is 0. The van der Waals surface area contributed by atoms with Crippen molar-refractivity contribution in [1.29, 1.82) is 0 Å². The molecule has 0 fully saturated rings. The van der Waals surface area contributed by atoms with Gasteiger partial charge in [-0.2, -0.15) is 8.42 Å². The van der Waals surface area contributed by atoms with Gasteiger partial charge in [0.15, 0.2) is 0 Å². The highest BCUT2D eigenvalue weighted by atomic mass is 32.2. The van der Waals surface area contributed by atoms with Gasteiger partial charge >= 0.3 is 0 Å². The lowest BCUT2D eigenvalue weighted by Crippen LogP contribution is -2.07. The zero-order chi connectivity index (χ0) is 13.4. The molecule has 1 aromatic carbocycles. The van der Waals surface area contributed by atoms with Gasteiger partial charge in [-0.15, -0.1) is 0 Å². The number of ether oxygens (including phenoxy) is 1. The van der Waals surface area contributed by atoms with Crippen molar-refractivity contribution >= 4 is 10.1 Å². The lowest BCUT2D eigenvalue weighted by molar-refractivity contribution is 0.310. The quantitative estimate of drug-likeness (QED) is 0.432. The monoisotopic (exact) mass is 269 g/mol. The molecule has 18 heavy (non-hydrogen) atoms. The fraction of sp³-hybridized carbons (Fsp3) is 0.417. The first-order valence-electron chi connectivity index (χ1n) is 5.47. The summed E-state index contributed by atoms with van der Waals surface area (Å²) in [5, 5.41) is 0. The highest BCUT2D eigenvalue weighted by molar-refractivity contribution is 7.86. The van der Waals surface area contributed by atoms with Gasteiger partial charge in [0.05, 0.1) is 18.6 Å². The average Bonchev–Trinajstić information content (AvgIpc) is 2.38. The number of methoxy groups -OCH3 is 1. The van der Waals surface area contributed by atoms with E-state index in [1.807, 2.05) is 0 Å². The average molecular weight is 269 g/mol. The van der Waals surface area contributed by atoms with E-state index in [1.54, 1.807) is 12.1 Å². The van der Waals surface area contributed by atoms with E-state index >= 15 is 0 Å². The van der Waals surface area contributed by atoms with Crippen molar-refractivity contribution in [2.24, 2.45) is 0 Å². The number of benzene rings is 1. The van der Waals surface area contributed by atoms with Gasteiger partial charge in [-0.3, -0.25) is 4.18 Å². The maximum absolute atomic E-state index is 11.7. The largest absolute Gasteiger partial charge is 0.497 e. The summed E-state index contributed by atoms with van der Waals surface area (Å²) in [6.07, 6.45) is 1.19. The molecule has 0 unspecified atom stereocenters. The Balaban J connectivity index is 2.55. The molecular weight excluding hydrogens is 254 g/mol. The van der Waals surface area contributed by atoms with Crippen LogP contribution in [0.1, 0.15) is 12.8 Å². The Bertz CT molecular complexity index is 502. The molecule has 0 aliphatic carbocycles. The molecule has 0 saturated heterocycles. The summed E-state index contributed by atoms with van der Waals surface area (Å²) in [4.78, 5) is 3.28. The molecule has 1 aromatic rings. The van der Waals surface area contributed by atoms with Crippen LogP contribution in [0, 0.1) is 6.57 Å². The van der Waals surface area contributed by atoms with E-state index in [-0.39, 0.29) is 11.5 Å². The van der Waals surface area contributed by atoms with Gasteiger partial charge in [0.2, 0.25) is 6.54 Å². The lowest BCUT2D eigenvalue weighted by Gasteiger charge is -2.05. The second-order valence-corrected chi connectivity index (χ2v) is 5.16. The molecule has 0 spiro atoms. The first-order chi connectivity index (χ1) is 8.60. The topological polar surface area (TPSA) is 57.0 Å². The van der Waals surface area contributed by atoms with Gasteiger partial charge < -0.3 is 9.58 Å². The molecule has 0 atom stereocenters. The third-order valence-electron chi connectivity index (χ3n) is 2.25. The maximum atomic E-state index is 11.7. The molecule has 1 rings (SSSR count). The Morgan fingerprint density at radius 3 is 2.44 bits per heavy atom. The molecule has 5 nitrogen and oxygen atoms in total. The molecule has 0 aliphatic rings. The lowest BCUT2D eigenvalue weighted by atomic mass is 10.3. The van der Waals surface area contributed by atoms with Crippen LogP contribution in [0.15, 0.2) is 29.2 Å². The van der Waals surface area contributed by atoms with Crippen molar-refractivity contribution in [1.82, 2.24) is 0 Å². The number of nitrogens with zero attached hydrogens (tertiary/aromatic N) is 1. The zero-order valence-corrected chi connectivity index (χ0v) is 10.9. The minimum atomic E-state index is -3.71. The number of hydrogen-bond acceptors (Lipinski definition) is 4. The molecule has 0 aromatic heterocycles. The fourth-order valence-corrected chi connectivity index (χ4v) is 2.21. The smallest absolute Gasteiger partial charge is 0.296 e. The van der Waals surface area contributed by atoms with Crippen LogP contribution in [0.5, 0.6) is 5.75 Å². The van der Waals surface area contributed by atoms with Crippen molar-refractivity contribution < 1.29 is 17.3 Å². The first-order valence-corrected chi connectivity index (χ1v) is 6.87. The molecule has 98 valence electrons. The molecule has 0 amide bonds. The summed E-state index contributed by atoms with van der Waals surface area (Å²) in [7, 11) is -2.19. The Labute approximate surface area is 107 Å². The van der Waals surface area contributed by atoms with Crippen molar-refractivity contribution in [3.05, 3.63) is 35.7 Å². The Hall–Kier alpha value is -1.58. The third-order valence-corrected chi connectivity index (χ3v) is 3.58. The van der Waals surface area contributed by atoms with Crippen molar-refractivity contribution in [2.75, 3.05) is 20.3 Å². The Kier molecular flexibility index (Phi) is 5.62. The van der Waals surface area contributed by atoms with Gasteiger partial charge in [-0.05, 0) is 30.7 Å². The van der Waals surface area contributed by atoms with Crippen LogP contribution in [0.4, 0.5) is 0 Å². The molecule has 0 bridgehead atoms. The van der Waals surface area contributed by atoms with E-state index < -0.39 is 10.1 Å². The second-order valence-electron chi connectivity index (χ2n) is 3.54. The molecule has 0 heterocycles. The van der Waals surface area contributed by atoms with E-state index in [9.17, 15) is 8.42 Å². The SMILES string of the molecule is [C-]#[N+]CCCCOS(=O)(=O)c1ccc(OC)cc1. The van der Waals surface area contributed by atoms with Gasteiger partial charge in [0, 0.05) is 6.42 Å². The van der Waals surface area contributed by atoms with E-state index in [4.69, 9.17) is 15.5 Å². The summed E-state index contributed by atoms with van der Waals surface area (Å²) in [5.41, 5.74) is 0. The summed E-state index contributed by atoms with van der Waals surface area (Å²) < 4.78 is 33.3. The van der Waals surface area contributed by atoms with Crippen LogP contribution in [-0.4, -0.2) is 28.7 Å². The number of rotatable bonds is 7. The molecule has 0 aliphatic heterocycles. The molecule has 0 radical (unpaired) electrons. The maximum Gasteiger partial charge on any atom is 0.296 e. The van der Waals surface area contributed by atoms with Crippen LogP contribution >= 0.6 is 0 Å². The molecule has 0 saturated carbocycles. The van der Waals surface area contributed by atoms with Gasteiger partial charge in [-0.25, -0.2) is 6.57 Å². The highest BCUT2D eigenvalue weighted by Crippen LogP contribution is 2.17. The van der Waals surface area contributed by atoms with Crippen molar-refractivity contribution in [3.63, 3.8) is 0 Å². The van der Waals surface area contributed by atoms with Crippen LogP contribution in [0.2, 0.25) is 0 Å². The van der Waals surface area contributed by atoms with Crippen LogP contribution < -0.4 is 4.74 Å². The van der Waals surface area contributed by atoms with Crippen molar-refractivity contribution in [2.45, 2.75) is 17.7 Å². The van der Waals surface area contributed by atoms with Gasteiger partial charge in [-0.1, -0.05) is 0 Å². The van der Waals surface area contributed by atoms with E-state index in [2.05, 4.69) is 4.85 Å². The highest BCUT2D eigenvalue weighted by Gasteiger charge is 2.14. The minimum absolute atomic E-state index is 0.101. The molecular formula is C12H15NO4S. The fourth-order valence-electron chi connectivity index (χ4n) is 1.27. The minimum Gasteiger partial charge on any atom is -0.497 e. The van der Waals surface area contributed by atoms with E-state index in [0.717, 1.165) is 0 Å². The van der Waals surface area contributed by atoms with E-state index in [0.29, 0.717) is 25.1 Å². The standard InChI is InChI=1S/C12H15NO4S/c1-13-9-3-4-10-17-18(14,15)12-7-5-11(16-2)6-8-12/h5-8H,3-4,9-10H2,2H3. The Morgan fingerprint density at radius 1 is 1.22 bits per heavy atom. The van der Waals surface area contributed by atoms with Gasteiger partial charge in [0.1, 0.15) is 5.75 Å².